The van der Waals surface area contributed by atoms with Crippen LogP contribution >= 0.6 is 34.5 Å². The first-order valence-corrected chi connectivity index (χ1v) is 11.5. The van der Waals surface area contributed by atoms with Crippen LogP contribution in [0, 0.1) is 0 Å². The SMILES string of the molecule is CS(=O)(=O)c1ccc(C2=C(c3cc(Cl)sc3Cl)Cc3ccccc3O2)cc1. The monoisotopic (exact) mass is 436 g/mol. The van der Waals surface area contributed by atoms with E-state index in [9.17, 15) is 8.42 Å². The van der Waals surface area contributed by atoms with Gasteiger partial charge in [0.05, 0.1) is 9.23 Å². The Kier molecular flexibility index (Phi) is 4.80. The number of hydrogen-bond donors (Lipinski definition) is 0. The number of para-hydroxylation sites is 1. The summed E-state index contributed by atoms with van der Waals surface area (Å²) in [6.45, 7) is 0. The second-order valence-electron chi connectivity index (χ2n) is 6.23. The van der Waals surface area contributed by atoms with E-state index in [0.29, 0.717) is 20.9 Å². The smallest absolute Gasteiger partial charge is 0.175 e. The summed E-state index contributed by atoms with van der Waals surface area (Å²) in [5.74, 6) is 1.44. The van der Waals surface area contributed by atoms with Gasteiger partial charge in [0.25, 0.3) is 0 Å². The van der Waals surface area contributed by atoms with Gasteiger partial charge in [0.2, 0.25) is 0 Å². The molecule has 7 heteroatoms. The molecule has 0 N–H and O–H groups in total. The van der Waals surface area contributed by atoms with E-state index in [4.69, 9.17) is 27.9 Å². The number of sulfone groups is 1. The van der Waals surface area contributed by atoms with E-state index in [1.807, 2.05) is 30.3 Å². The van der Waals surface area contributed by atoms with Gasteiger partial charge >= 0.3 is 0 Å². The molecule has 27 heavy (non-hydrogen) atoms. The van der Waals surface area contributed by atoms with Crippen LogP contribution in [-0.2, 0) is 16.3 Å². The Morgan fingerprint density at radius 2 is 1.74 bits per heavy atom. The van der Waals surface area contributed by atoms with E-state index < -0.39 is 9.84 Å². The highest BCUT2D eigenvalue weighted by molar-refractivity contribution is 7.90. The van der Waals surface area contributed by atoms with Gasteiger partial charge in [-0.2, -0.15) is 0 Å². The van der Waals surface area contributed by atoms with E-state index in [1.165, 1.54) is 17.6 Å². The van der Waals surface area contributed by atoms with Crippen molar-refractivity contribution in [2.45, 2.75) is 11.3 Å². The lowest BCUT2D eigenvalue weighted by molar-refractivity contribution is 0.502. The highest BCUT2D eigenvalue weighted by Gasteiger charge is 2.25. The number of fused-ring (bicyclic) bond motifs is 1. The van der Waals surface area contributed by atoms with Gasteiger partial charge in [0.1, 0.15) is 15.8 Å². The molecule has 2 aromatic carbocycles. The van der Waals surface area contributed by atoms with Crippen LogP contribution in [-0.4, -0.2) is 14.7 Å². The van der Waals surface area contributed by atoms with Crippen LogP contribution in [0.25, 0.3) is 11.3 Å². The van der Waals surface area contributed by atoms with Gasteiger partial charge in [-0.25, -0.2) is 8.42 Å². The zero-order valence-corrected chi connectivity index (χ0v) is 17.3. The van der Waals surface area contributed by atoms with Crippen molar-refractivity contribution in [2.24, 2.45) is 0 Å². The third-order valence-corrected chi connectivity index (χ3v) is 6.97. The standard InChI is InChI=1S/C20H14Cl2O3S2/c1-27(23,24)14-8-6-12(7-9-14)19-15(16-11-18(21)26-20(16)22)10-13-4-2-3-5-17(13)25-19/h2-9,11H,10H2,1H3. The molecule has 1 aromatic heterocycles. The number of thiophene rings is 1. The van der Waals surface area contributed by atoms with Crippen molar-refractivity contribution in [3.63, 3.8) is 0 Å². The minimum Gasteiger partial charge on any atom is -0.456 e. The number of benzene rings is 2. The van der Waals surface area contributed by atoms with Crippen LogP contribution in [0.15, 0.2) is 59.5 Å². The molecule has 2 heterocycles. The Bertz CT molecular complexity index is 1160. The van der Waals surface area contributed by atoms with Gasteiger partial charge in [0, 0.05) is 29.4 Å². The van der Waals surface area contributed by atoms with E-state index in [1.54, 1.807) is 24.3 Å². The molecule has 0 saturated carbocycles. The molecule has 3 aromatic rings. The van der Waals surface area contributed by atoms with Crippen molar-refractivity contribution in [1.82, 2.24) is 0 Å². The lowest BCUT2D eigenvalue weighted by atomic mass is 9.93. The molecule has 0 unspecified atom stereocenters. The second kappa shape index (κ2) is 6.99. The first-order valence-electron chi connectivity index (χ1n) is 8.07. The Hall–Kier alpha value is -1.79. The minimum absolute atomic E-state index is 0.265. The Balaban J connectivity index is 1.88. The highest BCUT2D eigenvalue weighted by atomic mass is 35.5. The third-order valence-electron chi connectivity index (χ3n) is 4.35. The molecular formula is C20H14Cl2O3S2. The number of rotatable bonds is 3. The Labute approximate surface area is 171 Å². The summed E-state index contributed by atoms with van der Waals surface area (Å²) in [7, 11) is -3.26. The molecule has 4 rings (SSSR count). The quantitative estimate of drug-likeness (QED) is 0.508. The largest absolute Gasteiger partial charge is 0.456 e. The molecule has 0 atom stereocenters. The second-order valence-corrected chi connectivity index (χ2v) is 10.5. The van der Waals surface area contributed by atoms with Crippen molar-refractivity contribution in [3.05, 3.63) is 80.0 Å². The zero-order chi connectivity index (χ0) is 19.2. The minimum atomic E-state index is -3.26. The fourth-order valence-electron chi connectivity index (χ4n) is 3.04. The molecular weight excluding hydrogens is 423 g/mol. The van der Waals surface area contributed by atoms with Crippen molar-refractivity contribution in [3.8, 4) is 5.75 Å². The van der Waals surface area contributed by atoms with E-state index >= 15 is 0 Å². The number of hydrogen-bond acceptors (Lipinski definition) is 4. The lowest BCUT2D eigenvalue weighted by Gasteiger charge is -2.24. The van der Waals surface area contributed by atoms with Crippen LogP contribution in [0.4, 0.5) is 0 Å². The molecule has 138 valence electrons. The van der Waals surface area contributed by atoms with Crippen molar-refractivity contribution < 1.29 is 13.2 Å². The van der Waals surface area contributed by atoms with Gasteiger partial charge in [-0.1, -0.05) is 41.4 Å². The van der Waals surface area contributed by atoms with Crippen molar-refractivity contribution in [1.29, 1.82) is 0 Å². The van der Waals surface area contributed by atoms with Crippen LogP contribution < -0.4 is 4.74 Å². The summed E-state index contributed by atoms with van der Waals surface area (Å²) in [4.78, 5) is 0.265. The molecule has 0 radical (unpaired) electrons. The molecule has 1 aliphatic rings. The van der Waals surface area contributed by atoms with E-state index in [2.05, 4.69) is 0 Å². The molecule has 0 saturated heterocycles. The third kappa shape index (κ3) is 3.65. The highest BCUT2D eigenvalue weighted by Crippen LogP contribution is 2.44. The Morgan fingerprint density at radius 3 is 2.37 bits per heavy atom. The normalized spacial score (nSPS) is 14.0. The summed E-state index contributed by atoms with van der Waals surface area (Å²) in [5, 5.41) is 0. The van der Waals surface area contributed by atoms with Gasteiger partial charge < -0.3 is 4.74 Å². The molecule has 0 amide bonds. The van der Waals surface area contributed by atoms with Gasteiger partial charge in [0.15, 0.2) is 9.84 Å². The number of allylic oxidation sites excluding steroid dienone is 1. The van der Waals surface area contributed by atoms with Gasteiger partial charge in [-0.15, -0.1) is 11.3 Å². The van der Waals surface area contributed by atoms with E-state index in [0.717, 1.165) is 28.0 Å². The zero-order valence-electron chi connectivity index (χ0n) is 14.2. The van der Waals surface area contributed by atoms with Crippen LogP contribution in [0.5, 0.6) is 5.75 Å². The van der Waals surface area contributed by atoms with Gasteiger partial charge in [-0.05, 0) is 42.0 Å². The maximum absolute atomic E-state index is 11.7. The first-order chi connectivity index (χ1) is 12.8. The molecule has 0 bridgehead atoms. The maximum atomic E-state index is 11.7. The molecule has 0 spiro atoms. The van der Waals surface area contributed by atoms with Crippen LogP contribution in [0.3, 0.4) is 0 Å². The van der Waals surface area contributed by atoms with Crippen LogP contribution in [0.1, 0.15) is 16.7 Å². The summed E-state index contributed by atoms with van der Waals surface area (Å²) < 4.78 is 30.9. The average Bonchev–Trinajstić information content (AvgIpc) is 2.98. The molecule has 0 aliphatic carbocycles. The maximum Gasteiger partial charge on any atom is 0.175 e. The molecule has 0 fully saturated rings. The molecule has 1 aliphatic heterocycles. The van der Waals surface area contributed by atoms with Gasteiger partial charge in [-0.3, -0.25) is 0 Å². The summed E-state index contributed by atoms with van der Waals surface area (Å²) >= 11 is 13.9. The predicted molar refractivity (Wildman–Crippen MR) is 111 cm³/mol. The summed E-state index contributed by atoms with van der Waals surface area (Å²) in [5.41, 5.74) is 3.60. The van der Waals surface area contributed by atoms with Crippen LogP contribution in [0.2, 0.25) is 8.67 Å². The first kappa shape index (κ1) is 18.6. The van der Waals surface area contributed by atoms with Crippen molar-refractivity contribution in [2.75, 3.05) is 6.26 Å². The number of halogens is 2. The fourth-order valence-corrected chi connectivity index (χ4v) is 5.19. The fraction of sp³-hybridized carbons (Fsp3) is 0.100. The van der Waals surface area contributed by atoms with Crippen molar-refractivity contribution >= 4 is 55.7 Å². The average molecular weight is 437 g/mol. The Morgan fingerprint density at radius 1 is 1.04 bits per heavy atom. The molecule has 3 nitrogen and oxygen atoms in total. The summed E-state index contributed by atoms with van der Waals surface area (Å²) in [6.07, 6.45) is 1.83. The predicted octanol–water partition coefficient (Wildman–Crippen LogP) is 5.96. The lowest BCUT2D eigenvalue weighted by Crippen LogP contribution is -2.09. The van der Waals surface area contributed by atoms with E-state index in [-0.39, 0.29) is 4.90 Å². The summed E-state index contributed by atoms with van der Waals surface area (Å²) in [6, 6.07) is 16.3. The number of ether oxygens (including phenoxy) is 1. The topological polar surface area (TPSA) is 43.4 Å².